The normalized spacial score (nSPS) is 12.6. The highest BCUT2D eigenvalue weighted by Crippen LogP contribution is 2.34. The molecular formula is C18H17Cl2NO4. The number of halogens is 2. The van der Waals surface area contributed by atoms with Crippen LogP contribution >= 0.6 is 23.2 Å². The fourth-order valence-electron chi connectivity index (χ4n) is 2.60. The zero-order chi connectivity index (χ0) is 17.8. The van der Waals surface area contributed by atoms with Crippen LogP contribution in [0.1, 0.15) is 15.9 Å². The number of fused-ring (bicyclic) bond motifs is 1. The lowest BCUT2D eigenvalue weighted by atomic mass is 10.1. The van der Waals surface area contributed by atoms with Crippen LogP contribution in [0.25, 0.3) is 0 Å². The summed E-state index contributed by atoms with van der Waals surface area (Å²) in [6, 6.07) is 8.92. The molecule has 0 unspecified atom stereocenters. The van der Waals surface area contributed by atoms with E-state index in [0.29, 0.717) is 31.2 Å². The molecule has 0 radical (unpaired) electrons. The first-order valence-corrected chi connectivity index (χ1v) is 8.54. The van der Waals surface area contributed by atoms with Crippen molar-refractivity contribution in [2.75, 3.05) is 26.9 Å². The molecule has 0 fully saturated rings. The third-order valence-corrected chi connectivity index (χ3v) is 4.41. The number of methoxy groups -OCH3 is 1. The third kappa shape index (κ3) is 3.94. The maximum Gasteiger partial charge on any atom is 0.256 e. The average molecular weight is 382 g/mol. The number of carbonyl (C=O) groups excluding carboxylic acids is 1. The van der Waals surface area contributed by atoms with Crippen LogP contribution in [0.4, 0.5) is 0 Å². The lowest BCUT2D eigenvalue weighted by Crippen LogP contribution is -2.26. The Balaban J connectivity index is 1.65. The lowest BCUT2D eigenvalue weighted by Gasteiger charge is -2.19. The Bertz CT molecular complexity index is 795. The average Bonchev–Trinajstić information content (AvgIpc) is 2.63. The summed E-state index contributed by atoms with van der Waals surface area (Å²) in [6.45, 7) is 1.54. The maximum absolute atomic E-state index is 12.4. The highest BCUT2D eigenvalue weighted by atomic mass is 35.5. The summed E-state index contributed by atoms with van der Waals surface area (Å²) < 4.78 is 16.2. The van der Waals surface area contributed by atoms with Crippen molar-refractivity contribution < 1.29 is 19.0 Å². The van der Waals surface area contributed by atoms with Crippen LogP contribution in [0.3, 0.4) is 0 Å². The van der Waals surface area contributed by atoms with Gasteiger partial charge in [0.1, 0.15) is 18.8 Å². The van der Waals surface area contributed by atoms with E-state index in [1.807, 2.05) is 18.2 Å². The number of nitrogens with one attached hydrogen (secondary N) is 1. The van der Waals surface area contributed by atoms with E-state index in [1.165, 1.54) is 7.11 Å². The van der Waals surface area contributed by atoms with Crippen molar-refractivity contribution >= 4 is 29.1 Å². The zero-order valence-corrected chi connectivity index (χ0v) is 15.1. The number of rotatable bonds is 5. The number of carbonyl (C=O) groups is 1. The summed E-state index contributed by atoms with van der Waals surface area (Å²) >= 11 is 12.2. The number of benzene rings is 2. The van der Waals surface area contributed by atoms with Gasteiger partial charge in [0, 0.05) is 6.54 Å². The molecule has 3 rings (SSSR count). The van der Waals surface area contributed by atoms with E-state index in [2.05, 4.69) is 5.32 Å². The molecule has 2 aromatic carbocycles. The Labute approximate surface area is 155 Å². The molecule has 1 aliphatic heterocycles. The van der Waals surface area contributed by atoms with Gasteiger partial charge in [0.15, 0.2) is 17.2 Å². The van der Waals surface area contributed by atoms with E-state index in [9.17, 15) is 4.79 Å². The topological polar surface area (TPSA) is 56.8 Å². The van der Waals surface area contributed by atoms with Crippen molar-refractivity contribution in [1.82, 2.24) is 5.32 Å². The van der Waals surface area contributed by atoms with E-state index in [1.54, 1.807) is 12.1 Å². The first-order chi connectivity index (χ1) is 12.1. The van der Waals surface area contributed by atoms with Crippen LogP contribution in [-0.4, -0.2) is 32.8 Å². The maximum atomic E-state index is 12.4. The summed E-state index contributed by atoms with van der Waals surface area (Å²) in [4.78, 5) is 12.4. The van der Waals surface area contributed by atoms with Gasteiger partial charge >= 0.3 is 0 Å². The first-order valence-electron chi connectivity index (χ1n) is 7.79. The molecule has 0 saturated heterocycles. The molecule has 25 heavy (non-hydrogen) atoms. The molecular weight excluding hydrogens is 365 g/mol. The highest BCUT2D eigenvalue weighted by molar-refractivity contribution is 6.37. The van der Waals surface area contributed by atoms with Crippen molar-refractivity contribution in [3.05, 3.63) is 51.5 Å². The predicted molar refractivity (Wildman–Crippen MR) is 96.5 cm³/mol. The Morgan fingerprint density at radius 3 is 2.60 bits per heavy atom. The predicted octanol–water partition coefficient (Wildman–Crippen LogP) is 3.75. The second-order valence-corrected chi connectivity index (χ2v) is 6.24. The molecule has 5 nitrogen and oxygen atoms in total. The fourth-order valence-corrected chi connectivity index (χ4v) is 3.07. The van der Waals surface area contributed by atoms with Gasteiger partial charge in [0.25, 0.3) is 5.91 Å². The van der Waals surface area contributed by atoms with E-state index in [4.69, 9.17) is 37.4 Å². The minimum Gasteiger partial charge on any atom is -0.494 e. The number of hydrogen-bond acceptors (Lipinski definition) is 4. The van der Waals surface area contributed by atoms with Gasteiger partial charge in [-0.05, 0) is 36.2 Å². The third-order valence-electron chi connectivity index (χ3n) is 3.80. The number of ether oxygens (including phenoxy) is 3. The molecule has 1 amide bonds. The Morgan fingerprint density at radius 1 is 1.12 bits per heavy atom. The van der Waals surface area contributed by atoms with Gasteiger partial charge in [0.05, 0.1) is 17.2 Å². The van der Waals surface area contributed by atoms with Gasteiger partial charge in [-0.1, -0.05) is 29.3 Å². The van der Waals surface area contributed by atoms with Crippen molar-refractivity contribution in [2.24, 2.45) is 0 Å². The molecule has 0 saturated carbocycles. The SMILES string of the molecule is COc1c(Cl)ccc(Cl)c1C(=O)NCCc1ccc2c(c1)OCCO2. The monoisotopic (exact) mass is 381 g/mol. The van der Waals surface area contributed by atoms with E-state index in [-0.39, 0.29) is 22.2 Å². The Morgan fingerprint density at radius 2 is 1.84 bits per heavy atom. The molecule has 2 aromatic rings. The van der Waals surface area contributed by atoms with Crippen LogP contribution < -0.4 is 19.5 Å². The minimum atomic E-state index is -0.332. The van der Waals surface area contributed by atoms with E-state index < -0.39 is 0 Å². The molecule has 0 aromatic heterocycles. The largest absolute Gasteiger partial charge is 0.494 e. The fraction of sp³-hybridized carbons (Fsp3) is 0.278. The summed E-state index contributed by atoms with van der Waals surface area (Å²) in [7, 11) is 1.45. The Hall–Kier alpha value is -2.11. The quantitative estimate of drug-likeness (QED) is 0.856. The van der Waals surface area contributed by atoms with Crippen LogP contribution in [-0.2, 0) is 6.42 Å². The van der Waals surface area contributed by atoms with Crippen LogP contribution in [0.2, 0.25) is 10.0 Å². The second kappa shape index (κ2) is 7.85. The van der Waals surface area contributed by atoms with E-state index >= 15 is 0 Å². The van der Waals surface area contributed by atoms with Gasteiger partial charge in [-0.3, -0.25) is 4.79 Å². The summed E-state index contributed by atoms with van der Waals surface area (Å²) in [5.74, 6) is 1.41. The van der Waals surface area contributed by atoms with Gasteiger partial charge < -0.3 is 19.5 Å². The smallest absolute Gasteiger partial charge is 0.256 e. The molecule has 0 spiro atoms. The molecule has 7 heteroatoms. The molecule has 1 N–H and O–H groups in total. The molecule has 0 aliphatic carbocycles. The minimum absolute atomic E-state index is 0.235. The van der Waals surface area contributed by atoms with Crippen molar-refractivity contribution in [3.8, 4) is 17.2 Å². The molecule has 1 heterocycles. The van der Waals surface area contributed by atoms with Gasteiger partial charge in [-0.2, -0.15) is 0 Å². The van der Waals surface area contributed by atoms with Gasteiger partial charge in [-0.15, -0.1) is 0 Å². The highest BCUT2D eigenvalue weighted by Gasteiger charge is 2.19. The summed E-state index contributed by atoms with van der Waals surface area (Å²) in [5.41, 5.74) is 1.27. The molecule has 0 bridgehead atoms. The number of hydrogen-bond donors (Lipinski definition) is 1. The lowest BCUT2D eigenvalue weighted by molar-refractivity contribution is 0.0951. The van der Waals surface area contributed by atoms with Gasteiger partial charge in [-0.25, -0.2) is 0 Å². The molecule has 0 atom stereocenters. The van der Waals surface area contributed by atoms with Crippen LogP contribution in [0.15, 0.2) is 30.3 Å². The summed E-state index contributed by atoms with van der Waals surface area (Å²) in [5, 5.41) is 3.46. The standard InChI is InChI=1S/C18H17Cl2NO4/c1-23-17-13(20)4-3-12(19)16(17)18(22)21-7-6-11-2-5-14-15(10-11)25-9-8-24-14/h2-5,10H,6-9H2,1H3,(H,21,22). The van der Waals surface area contributed by atoms with Crippen LogP contribution in [0.5, 0.6) is 17.2 Å². The van der Waals surface area contributed by atoms with Crippen molar-refractivity contribution in [2.45, 2.75) is 6.42 Å². The number of amides is 1. The summed E-state index contributed by atoms with van der Waals surface area (Å²) in [6.07, 6.45) is 0.642. The van der Waals surface area contributed by atoms with Crippen molar-refractivity contribution in [3.63, 3.8) is 0 Å². The zero-order valence-electron chi connectivity index (χ0n) is 13.6. The molecule has 132 valence electrons. The second-order valence-electron chi connectivity index (χ2n) is 5.42. The molecule has 1 aliphatic rings. The van der Waals surface area contributed by atoms with E-state index in [0.717, 1.165) is 17.1 Å². The van der Waals surface area contributed by atoms with Gasteiger partial charge in [0.2, 0.25) is 0 Å². The first kappa shape index (κ1) is 17.7. The van der Waals surface area contributed by atoms with Crippen LogP contribution in [0, 0.1) is 0 Å². The van der Waals surface area contributed by atoms with Crippen molar-refractivity contribution in [1.29, 1.82) is 0 Å². The Kier molecular flexibility index (Phi) is 5.56.